The van der Waals surface area contributed by atoms with Crippen LogP contribution in [-0.4, -0.2) is 20.7 Å². The summed E-state index contributed by atoms with van der Waals surface area (Å²) < 4.78 is 6.57. The zero-order valence-electron chi connectivity index (χ0n) is 17.7. The third-order valence-electron chi connectivity index (χ3n) is 5.06. The molecule has 0 aliphatic heterocycles. The number of aromatic nitrogens is 3. The molecular formula is C22H26ClN5O3. The third-order valence-corrected chi connectivity index (χ3v) is 5.30. The maximum atomic E-state index is 13.0. The van der Waals surface area contributed by atoms with Crippen molar-refractivity contribution < 1.29 is 9.21 Å². The van der Waals surface area contributed by atoms with E-state index in [9.17, 15) is 9.59 Å². The Labute approximate surface area is 185 Å². The Morgan fingerprint density at radius 3 is 2.77 bits per heavy atom. The number of nitrogens with two attached hydrogens (primary N) is 1. The van der Waals surface area contributed by atoms with Gasteiger partial charge in [-0.3, -0.25) is 9.59 Å². The van der Waals surface area contributed by atoms with Crippen molar-refractivity contribution in [2.75, 3.05) is 0 Å². The van der Waals surface area contributed by atoms with Gasteiger partial charge in [0.15, 0.2) is 5.89 Å². The van der Waals surface area contributed by atoms with E-state index in [0.29, 0.717) is 42.4 Å². The topological polar surface area (TPSA) is 116 Å². The monoisotopic (exact) mass is 443 g/mol. The third kappa shape index (κ3) is 5.80. The number of carbonyl (C=O) groups is 1. The summed E-state index contributed by atoms with van der Waals surface area (Å²) in [6.07, 6.45) is 4.33. The second kappa shape index (κ2) is 10.4. The Balaban J connectivity index is 1.71. The van der Waals surface area contributed by atoms with E-state index in [1.54, 1.807) is 31.5 Å². The fourth-order valence-corrected chi connectivity index (χ4v) is 3.53. The van der Waals surface area contributed by atoms with Gasteiger partial charge >= 0.3 is 0 Å². The van der Waals surface area contributed by atoms with Gasteiger partial charge in [0.25, 0.3) is 5.56 Å². The summed E-state index contributed by atoms with van der Waals surface area (Å²) in [7, 11) is 0. The highest BCUT2D eigenvalue weighted by molar-refractivity contribution is 6.30. The predicted molar refractivity (Wildman–Crippen MR) is 118 cm³/mol. The maximum absolute atomic E-state index is 13.0. The molecule has 2 aromatic heterocycles. The molecule has 0 unspecified atom stereocenters. The van der Waals surface area contributed by atoms with Gasteiger partial charge in [0.05, 0.1) is 24.9 Å². The van der Waals surface area contributed by atoms with E-state index in [1.165, 1.54) is 4.68 Å². The standard InChI is InChI=1S/C22H26ClN5O3/c1-3-15-12-26-28(7-6-19-13-31-14(2)27-19)22(30)20(15)9-21(29)25-11-17-8-18(23)5-4-16(17)10-24/h4-5,8,12-13H,3,6-7,9-11,24H2,1-2H3,(H,25,29). The smallest absolute Gasteiger partial charge is 0.270 e. The van der Waals surface area contributed by atoms with Gasteiger partial charge in [-0.2, -0.15) is 5.10 Å². The summed E-state index contributed by atoms with van der Waals surface area (Å²) in [5.41, 5.74) is 9.23. The number of hydrogen-bond acceptors (Lipinski definition) is 6. The molecule has 1 aromatic carbocycles. The van der Waals surface area contributed by atoms with E-state index in [0.717, 1.165) is 22.4 Å². The number of nitrogens with one attached hydrogen (secondary N) is 1. The van der Waals surface area contributed by atoms with Gasteiger partial charge in [-0.15, -0.1) is 0 Å². The van der Waals surface area contributed by atoms with Crippen molar-refractivity contribution in [2.45, 2.75) is 52.7 Å². The summed E-state index contributed by atoms with van der Waals surface area (Å²) in [6, 6.07) is 5.39. The first-order valence-electron chi connectivity index (χ1n) is 10.1. The van der Waals surface area contributed by atoms with Gasteiger partial charge in [0, 0.05) is 37.0 Å². The number of oxazole rings is 1. The van der Waals surface area contributed by atoms with Crippen molar-refractivity contribution in [3.63, 3.8) is 0 Å². The van der Waals surface area contributed by atoms with E-state index in [4.69, 9.17) is 21.8 Å². The van der Waals surface area contributed by atoms with E-state index in [-0.39, 0.29) is 24.4 Å². The molecule has 0 spiro atoms. The van der Waals surface area contributed by atoms with Gasteiger partial charge in [0.1, 0.15) is 6.26 Å². The fourth-order valence-electron chi connectivity index (χ4n) is 3.33. The lowest BCUT2D eigenvalue weighted by atomic mass is 10.1. The first-order chi connectivity index (χ1) is 14.9. The number of aryl methyl sites for hydroxylation is 4. The van der Waals surface area contributed by atoms with Crippen LogP contribution < -0.4 is 16.6 Å². The van der Waals surface area contributed by atoms with Crippen molar-refractivity contribution in [3.8, 4) is 0 Å². The van der Waals surface area contributed by atoms with Crippen molar-refractivity contribution in [1.29, 1.82) is 0 Å². The second-order valence-corrected chi connectivity index (χ2v) is 7.65. The summed E-state index contributed by atoms with van der Waals surface area (Å²) in [4.78, 5) is 29.8. The Morgan fingerprint density at radius 2 is 2.10 bits per heavy atom. The van der Waals surface area contributed by atoms with Crippen molar-refractivity contribution in [2.24, 2.45) is 5.73 Å². The SMILES string of the molecule is CCc1cnn(CCc2coc(C)n2)c(=O)c1CC(=O)NCc1cc(Cl)ccc1CN. The second-order valence-electron chi connectivity index (χ2n) is 7.21. The predicted octanol–water partition coefficient (Wildman–Crippen LogP) is 2.32. The van der Waals surface area contributed by atoms with Crippen LogP contribution in [0.1, 0.15) is 40.8 Å². The molecule has 1 amide bonds. The van der Waals surface area contributed by atoms with Crippen LogP contribution >= 0.6 is 11.6 Å². The Hall–Kier alpha value is -2.97. The van der Waals surface area contributed by atoms with E-state index < -0.39 is 0 Å². The number of hydrogen-bond donors (Lipinski definition) is 2. The highest BCUT2D eigenvalue weighted by Crippen LogP contribution is 2.16. The molecule has 3 N–H and O–H groups in total. The van der Waals surface area contributed by atoms with Gasteiger partial charge in [-0.05, 0) is 35.2 Å². The number of halogens is 1. The molecule has 0 bridgehead atoms. The molecule has 2 heterocycles. The highest BCUT2D eigenvalue weighted by Gasteiger charge is 2.15. The summed E-state index contributed by atoms with van der Waals surface area (Å²) in [5, 5.41) is 7.69. The number of rotatable bonds is 9. The van der Waals surface area contributed by atoms with Crippen LogP contribution in [0.3, 0.4) is 0 Å². The molecule has 3 rings (SSSR count). The number of amides is 1. The van der Waals surface area contributed by atoms with Gasteiger partial charge in [-0.1, -0.05) is 24.6 Å². The molecule has 0 saturated carbocycles. The first-order valence-corrected chi connectivity index (χ1v) is 10.5. The van der Waals surface area contributed by atoms with Crippen molar-refractivity contribution in [3.05, 3.63) is 79.9 Å². The minimum absolute atomic E-state index is 0.0217. The molecule has 31 heavy (non-hydrogen) atoms. The van der Waals surface area contributed by atoms with Crippen LogP contribution in [0.2, 0.25) is 5.02 Å². The molecular weight excluding hydrogens is 418 g/mol. The summed E-state index contributed by atoms with van der Waals surface area (Å²) in [6.45, 7) is 4.69. The van der Waals surface area contributed by atoms with E-state index in [2.05, 4.69) is 15.4 Å². The van der Waals surface area contributed by atoms with Crippen LogP contribution in [0.5, 0.6) is 0 Å². The minimum Gasteiger partial charge on any atom is -0.449 e. The maximum Gasteiger partial charge on any atom is 0.270 e. The van der Waals surface area contributed by atoms with Crippen LogP contribution in [0.15, 0.2) is 39.9 Å². The Morgan fingerprint density at radius 1 is 1.29 bits per heavy atom. The van der Waals surface area contributed by atoms with Crippen LogP contribution in [0, 0.1) is 6.92 Å². The van der Waals surface area contributed by atoms with Crippen LogP contribution in [0.4, 0.5) is 0 Å². The minimum atomic E-state index is -0.264. The lowest BCUT2D eigenvalue weighted by Gasteiger charge is -2.12. The van der Waals surface area contributed by atoms with Crippen LogP contribution in [0.25, 0.3) is 0 Å². The molecule has 9 heteroatoms. The Kier molecular flexibility index (Phi) is 7.59. The average Bonchev–Trinajstić information content (AvgIpc) is 3.18. The normalized spacial score (nSPS) is 11.0. The molecule has 0 saturated heterocycles. The first kappa shape index (κ1) is 22.7. The molecule has 0 atom stereocenters. The molecule has 0 aliphatic rings. The lowest BCUT2D eigenvalue weighted by Crippen LogP contribution is -2.33. The van der Waals surface area contributed by atoms with Crippen LogP contribution in [-0.2, 0) is 43.7 Å². The molecule has 8 nitrogen and oxygen atoms in total. The highest BCUT2D eigenvalue weighted by atomic mass is 35.5. The van der Waals surface area contributed by atoms with E-state index in [1.807, 2.05) is 13.0 Å². The molecule has 3 aromatic rings. The molecule has 0 radical (unpaired) electrons. The summed E-state index contributed by atoms with van der Waals surface area (Å²) >= 11 is 6.06. The summed E-state index contributed by atoms with van der Waals surface area (Å²) in [5.74, 6) is 0.325. The number of benzene rings is 1. The van der Waals surface area contributed by atoms with Gasteiger partial charge in [0.2, 0.25) is 5.91 Å². The number of carbonyl (C=O) groups excluding carboxylic acids is 1. The zero-order chi connectivity index (χ0) is 22.4. The van der Waals surface area contributed by atoms with E-state index >= 15 is 0 Å². The zero-order valence-corrected chi connectivity index (χ0v) is 18.4. The van der Waals surface area contributed by atoms with Gasteiger partial charge < -0.3 is 15.5 Å². The average molecular weight is 444 g/mol. The van der Waals surface area contributed by atoms with Crippen molar-refractivity contribution >= 4 is 17.5 Å². The number of nitrogens with zero attached hydrogens (tertiary/aromatic N) is 3. The molecule has 164 valence electrons. The Bertz CT molecular complexity index is 1120. The lowest BCUT2D eigenvalue weighted by molar-refractivity contribution is -0.120. The quantitative estimate of drug-likeness (QED) is 0.524. The molecule has 0 fully saturated rings. The fraction of sp³-hybridized carbons (Fsp3) is 0.364. The van der Waals surface area contributed by atoms with Gasteiger partial charge in [-0.25, -0.2) is 9.67 Å². The molecule has 0 aliphatic carbocycles. The van der Waals surface area contributed by atoms with Crippen molar-refractivity contribution in [1.82, 2.24) is 20.1 Å². The largest absolute Gasteiger partial charge is 0.449 e.